The average Bonchev–Trinajstić information content (AvgIpc) is 3.53. The Labute approximate surface area is 323 Å². The minimum absolute atomic E-state index is 0.123. The minimum atomic E-state index is -0.694. The molecule has 0 aliphatic carbocycles. The zero-order chi connectivity index (χ0) is 37.6. The van der Waals surface area contributed by atoms with E-state index < -0.39 is 11.8 Å². The van der Waals surface area contributed by atoms with Crippen LogP contribution in [-0.2, 0) is 14.3 Å². The Hall–Kier alpha value is -1.69. The van der Waals surface area contributed by atoms with Crippen LogP contribution in [0.4, 0.5) is 0 Å². The molecule has 1 fully saturated rings. The zero-order valence-corrected chi connectivity index (χ0v) is 34.6. The molecular formula is C47H85NO4. The van der Waals surface area contributed by atoms with Crippen LogP contribution in [0.1, 0.15) is 206 Å². The second-order valence-corrected chi connectivity index (χ2v) is 15.6. The molecular weight excluding hydrogens is 643 g/mol. The number of hydrogen-bond donors (Lipinski definition) is 1. The summed E-state index contributed by atoms with van der Waals surface area (Å²) < 4.78 is 13.3. The summed E-state index contributed by atoms with van der Waals surface area (Å²) in [6.07, 6.45) is 54.3. The number of allylic oxidation sites excluding steroid dienone is 8. The Kier molecular flexibility index (Phi) is 33.7. The van der Waals surface area contributed by atoms with Gasteiger partial charge in [-0.1, -0.05) is 146 Å². The van der Waals surface area contributed by atoms with Gasteiger partial charge in [-0.25, -0.2) is 0 Å². The minimum Gasteiger partial charge on any atom is -0.481 e. The molecule has 0 aromatic carbocycles. The van der Waals surface area contributed by atoms with Gasteiger partial charge >= 0.3 is 5.97 Å². The van der Waals surface area contributed by atoms with Gasteiger partial charge in [0, 0.05) is 25.8 Å². The van der Waals surface area contributed by atoms with E-state index in [0.717, 1.165) is 58.0 Å². The summed E-state index contributed by atoms with van der Waals surface area (Å²) in [6, 6.07) is 0. The van der Waals surface area contributed by atoms with Crippen molar-refractivity contribution < 1.29 is 19.4 Å². The number of carbonyl (C=O) groups is 1. The molecule has 1 saturated heterocycles. The lowest BCUT2D eigenvalue weighted by atomic mass is 9.98. The molecule has 52 heavy (non-hydrogen) atoms. The SMILES string of the molecule is CCCCCC=CCC=CCCCCCCCCC1(CCCCCCCCC=CCC=CCCCCC)OC[C@H](CN(C)CCCCCC(=O)O)O1. The van der Waals surface area contributed by atoms with Crippen LogP contribution in [0.3, 0.4) is 0 Å². The molecule has 1 aliphatic heterocycles. The number of likely N-dealkylation sites (N-methyl/N-ethyl adjacent to an activating group) is 1. The molecule has 1 atom stereocenters. The maximum Gasteiger partial charge on any atom is 0.303 e. The number of hydrogen-bond acceptors (Lipinski definition) is 4. The van der Waals surface area contributed by atoms with Crippen molar-refractivity contribution in [2.45, 2.75) is 218 Å². The lowest BCUT2D eigenvalue weighted by Gasteiger charge is -2.29. The highest BCUT2D eigenvalue weighted by Gasteiger charge is 2.40. The summed E-state index contributed by atoms with van der Waals surface area (Å²) in [7, 11) is 2.16. The van der Waals surface area contributed by atoms with Crippen molar-refractivity contribution in [1.82, 2.24) is 4.90 Å². The van der Waals surface area contributed by atoms with E-state index in [0.29, 0.717) is 6.61 Å². The van der Waals surface area contributed by atoms with E-state index >= 15 is 0 Å². The summed E-state index contributed by atoms with van der Waals surface area (Å²) >= 11 is 0. The normalized spacial score (nSPS) is 18.1. The molecule has 0 aromatic rings. The first-order chi connectivity index (χ1) is 25.5. The molecule has 1 heterocycles. The standard InChI is InChI=1S/C47H85NO4/c1-4-6-8-10-12-14-16-18-20-22-24-26-28-30-32-36-40-47(51-44-45(52-47)43-48(3)42-38-34-35-39-46(49)50)41-37-33-31-29-27-25-23-21-19-17-15-13-11-9-7-5-2/h12-15,18-21,45H,4-11,16-17,22-44H2,1-3H3,(H,49,50)/t45-,47?/m0/s1. The van der Waals surface area contributed by atoms with Gasteiger partial charge in [-0.3, -0.25) is 4.79 Å². The molecule has 0 amide bonds. The summed E-state index contributed by atoms with van der Waals surface area (Å²) in [5.41, 5.74) is 0. The van der Waals surface area contributed by atoms with Gasteiger partial charge in [0.2, 0.25) is 0 Å². The predicted octanol–water partition coefficient (Wildman–Crippen LogP) is 14.1. The second kappa shape index (κ2) is 36.3. The Morgan fingerprint density at radius 1 is 0.596 bits per heavy atom. The highest BCUT2D eigenvalue weighted by Crippen LogP contribution is 2.35. The number of unbranched alkanes of at least 4 members (excludes halogenated alkanes) is 20. The van der Waals surface area contributed by atoms with E-state index in [2.05, 4.69) is 74.4 Å². The Morgan fingerprint density at radius 2 is 1.02 bits per heavy atom. The van der Waals surface area contributed by atoms with E-state index in [9.17, 15) is 4.79 Å². The van der Waals surface area contributed by atoms with Crippen molar-refractivity contribution in [3.63, 3.8) is 0 Å². The van der Waals surface area contributed by atoms with Crippen LogP contribution in [0.15, 0.2) is 48.6 Å². The maximum absolute atomic E-state index is 10.8. The summed E-state index contributed by atoms with van der Waals surface area (Å²) in [5, 5.41) is 8.89. The molecule has 0 unspecified atom stereocenters. The first-order valence-corrected chi connectivity index (χ1v) is 22.3. The fourth-order valence-electron chi connectivity index (χ4n) is 7.13. The van der Waals surface area contributed by atoms with Crippen molar-refractivity contribution in [3.05, 3.63) is 48.6 Å². The largest absolute Gasteiger partial charge is 0.481 e. The number of rotatable bonds is 38. The summed E-state index contributed by atoms with van der Waals surface area (Å²) in [5.74, 6) is -1.10. The van der Waals surface area contributed by atoms with Crippen LogP contribution in [0.5, 0.6) is 0 Å². The number of ether oxygens (including phenoxy) is 2. The third kappa shape index (κ3) is 30.7. The van der Waals surface area contributed by atoms with Crippen LogP contribution in [-0.4, -0.2) is 54.6 Å². The molecule has 5 heteroatoms. The lowest BCUT2D eigenvalue weighted by Crippen LogP contribution is -2.35. The van der Waals surface area contributed by atoms with Crippen molar-refractivity contribution in [1.29, 1.82) is 0 Å². The number of aliphatic carboxylic acids is 1. The van der Waals surface area contributed by atoms with Crippen molar-refractivity contribution >= 4 is 5.97 Å². The van der Waals surface area contributed by atoms with Crippen molar-refractivity contribution in [3.8, 4) is 0 Å². The van der Waals surface area contributed by atoms with Gasteiger partial charge in [0.05, 0.1) is 12.7 Å². The fourth-order valence-corrected chi connectivity index (χ4v) is 7.13. The molecule has 0 spiro atoms. The highest BCUT2D eigenvalue weighted by atomic mass is 16.7. The van der Waals surface area contributed by atoms with Crippen molar-refractivity contribution in [2.75, 3.05) is 26.7 Å². The number of carboxylic acid groups (broad SMARTS) is 1. The number of carboxylic acids is 1. The van der Waals surface area contributed by atoms with Gasteiger partial charge in [0.1, 0.15) is 0 Å². The Bertz CT molecular complexity index is 861. The third-order valence-corrected chi connectivity index (χ3v) is 10.4. The van der Waals surface area contributed by atoms with E-state index in [4.69, 9.17) is 14.6 Å². The molecule has 0 radical (unpaired) electrons. The van der Waals surface area contributed by atoms with Crippen LogP contribution in [0.2, 0.25) is 0 Å². The van der Waals surface area contributed by atoms with Crippen LogP contribution >= 0.6 is 0 Å². The van der Waals surface area contributed by atoms with Crippen LogP contribution in [0, 0.1) is 0 Å². The van der Waals surface area contributed by atoms with Crippen LogP contribution < -0.4 is 0 Å². The zero-order valence-electron chi connectivity index (χ0n) is 34.6. The van der Waals surface area contributed by atoms with Gasteiger partial charge in [-0.15, -0.1) is 0 Å². The van der Waals surface area contributed by atoms with E-state index in [-0.39, 0.29) is 12.5 Å². The summed E-state index contributed by atoms with van der Waals surface area (Å²) in [4.78, 5) is 13.1. The van der Waals surface area contributed by atoms with Crippen LogP contribution in [0.25, 0.3) is 0 Å². The monoisotopic (exact) mass is 728 g/mol. The van der Waals surface area contributed by atoms with Gasteiger partial charge in [-0.05, 0) is 103 Å². The molecule has 1 N–H and O–H groups in total. The first kappa shape index (κ1) is 48.3. The van der Waals surface area contributed by atoms with Crippen molar-refractivity contribution in [2.24, 2.45) is 0 Å². The summed E-state index contributed by atoms with van der Waals surface area (Å²) in [6.45, 7) is 7.07. The molecule has 1 rings (SSSR count). The topological polar surface area (TPSA) is 59.0 Å². The van der Waals surface area contributed by atoms with Gasteiger partial charge in [-0.2, -0.15) is 0 Å². The smallest absolute Gasteiger partial charge is 0.303 e. The Morgan fingerprint density at radius 3 is 1.48 bits per heavy atom. The molecule has 1 aliphatic rings. The van der Waals surface area contributed by atoms with E-state index in [1.807, 2.05) is 0 Å². The molecule has 0 bridgehead atoms. The second-order valence-electron chi connectivity index (χ2n) is 15.6. The highest BCUT2D eigenvalue weighted by molar-refractivity contribution is 5.66. The fraction of sp³-hybridized carbons (Fsp3) is 0.809. The molecule has 5 nitrogen and oxygen atoms in total. The van der Waals surface area contributed by atoms with E-state index in [1.165, 1.54) is 141 Å². The number of nitrogens with zero attached hydrogens (tertiary/aromatic N) is 1. The molecule has 0 aromatic heterocycles. The third-order valence-electron chi connectivity index (χ3n) is 10.4. The maximum atomic E-state index is 10.8. The Balaban J connectivity index is 2.31. The van der Waals surface area contributed by atoms with Gasteiger partial charge in [0.25, 0.3) is 0 Å². The average molecular weight is 728 g/mol. The quantitative estimate of drug-likeness (QED) is 0.0507. The first-order valence-electron chi connectivity index (χ1n) is 22.3. The van der Waals surface area contributed by atoms with Gasteiger partial charge in [0.15, 0.2) is 5.79 Å². The lowest BCUT2D eigenvalue weighted by molar-refractivity contribution is -0.180. The van der Waals surface area contributed by atoms with E-state index in [1.54, 1.807) is 0 Å². The molecule has 0 saturated carbocycles. The van der Waals surface area contributed by atoms with Gasteiger partial charge < -0.3 is 19.5 Å². The predicted molar refractivity (Wildman–Crippen MR) is 225 cm³/mol. The molecule has 302 valence electrons.